The predicted octanol–water partition coefficient (Wildman–Crippen LogP) is 1.31. The highest BCUT2D eigenvalue weighted by Crippen LogP contribution is 2.31. The molecule has 0 unspecified atom stereocenters. The number of rotatable bonds is 3. The topological polar surface area (TPSA) is 9.23 Å². The van der Waals surface area contributed by atoms with E-state index in [1.807, 2.05) is 0 Å². The lowest BCUT2D eigenvalue weighted by molar-refractivity contribution is 0.460. The predicted molar refractivity (Wildman–Crippen MR) is 44.7 cm³/mol. The highest BCUT2D eigenvalue weighted by molar-refractivity contribution is 6.56. The van der Waals surface area contributed by atoms with Crippen LogP contribution in [0.25, 0.3) is 0 Å². The van der Waals surface area contributed by atoms with E-state index in [2.05, 4.69) is 13.1 Å². The molecule has 3 heteroatoms. The first-order valence-corrected chi connectivity index (χ1v) is 7.52. The molecule has 0 spiro atoms. The van der Waals surface area contributed by atoms with Gasteiger partial charge in [-0.2, -0.15) is 0 Å². The van der Waals surface area contributed by atoms with E-state index in [4.69, 9.17) is 4.12 Å². The minimum Gasteiger partial charge on any atom is -0.460 e. The fraction of sp³-hybridized carbons (Fsp3) is 1.00. The van der Waals surface area contributed by atoms with Gasteiger partial charge < -0.3 is 4.12 Å². The maximum Gasteiger partial charge on any atom is 0.190 e. The SMILES string of the molecule is C[Si](C)O[SiH2]C1CCC1. The summed E-state index contributed by atoms with van der Waals surface area (Å²) < 4.78 is 5.69. The molecule has 1 fully saturated rings. The molecule has 53 valence electrons. The quantitative estimate of drug-likeness (QED) is 0.564. The van der Waals surface area contributed by atoms with Crippen molar-refractivity contribution in [1.29, 1.82) is 0 Å². The molecular weight excluding hydrogens is 144 g/mol. The Labute approximate surface area is 61.5 Å². The molecule has 0 aliphatic heterocycles. The lowest BCUT2D eigenvalue weighted by Gasteiger charge is -2.25. The summed E-state index contributed by atoms with van der Waals surface area (Å²) in [5, 5.41) is 0. The summed E-state index contributed by atoms with van der Waals surface area (Å²) in [5.41, 5.74) is 1.06. The zero-order valence-corrected chi connectivity index (χ0v) is 8.73. The van der Waals surface area contributed by atoms with Gasteiger partial charge in [-0.15, -0.1) is 0 Å². The van der Waals surface area contributed by atoms with E-state index in [9.17, 15) is 0 Å². The van der Waals surface area contributed by atoms with Gasteiger partial charge in [0.15, 0.2) is 9.04 Å². The standard InChI is InChI=1S/C6H15OSi2/c1-9(2)7-8-6-4-3-5-6/h6H,3-5,8H2,1-2H3. The van der Waals surface area contributed by atoms with Gasteiger partial charge in [0.1, 0.15) is 9.76 Å². The third-order valence-corrected chi connectivity index (χ3v) is 6.10. The normalized spacial score (nSPS) is 21.7. The molecule has 0 aromatic rings. The highest BCUT2D eigenvalue weighted by atomic mass is 28.3. The van der Waals surface area contributed by atoms with Crippen LogP contribution in [0.15, 0.2) is 0 Å². The lowest BCUT2D eigenvalue weighted by Crippen LogP contribution is -2.20. The Morgan fingerprint density at radius 2 is 2.11 bits per heavy atom. The summed E-state index contributed by atoms with van der Waals surface area (Å²) in [7, 11) is -0.424. The van der Waals surface area contributed by atoms with Gasteiger partial charge in [-0.1, -0.05) is 19.3 Å². The second kappa shape index (κ2) is 3.53. The molecule has 0 heterocycles. The molecule has 1 nitrogen and oxygen atoms in total. The highest BCUT2D eigenvalue weighted by Gasteiger charge is 2.18. The summed E-state index contributed by atoms with van der Waals surface area (Å²) in [6.45, 7) is 4.46. The van der Waals surface area contributed by atoms with Crippen molar-refractivity contribution < 1.29 is 4.12 Å². The molecule has 0 saturated heterocycles. The number of hydrogen-bond donors (Lipinski definition) is 0. The second-order valence-corrected chi connectivity index (χ2v) is 7.48. The van der Waals surface area contributed by atoms with E-state index in [1.54, 1.807) is 0 Å². The maximum atomic E-state index is 5.69. The van der Waals surface area contributed by atoms with Gasteiger partial charge in [-0.05, 0) is 18.6 Å². The van der Waals surface area contributed by atoms with Crippen molar-refractivity contribution >= 4 is 18.8 Å². The summed E-state index contributed by atoms with van der Waals surface area (Å²) in [6.07, 6.45) is 4.42. The fourth-order valence-electron chi connectivity index (χ4n) is 0.944. The first kappa shape index (κ1) is 7.50. The van der Waals surface area contributed by atoms with Gasteiger partial charge in [-0.25, -0.2) is 0 Å². The Morgan fingerprint density at radius 1 is 1.44 bits per heavy atom. The summed E-state index contributed by atoms with van der Waals surface area (Å²) >= 11 is 0. The molecule has 1 saturated carbocycles. The molecule has 0 amide bonds. The molecule has 1 aliphatic carbocycles. The van der Waals surface area contributed by atoms with Gasteiger partial charge in [0, 0.05) is 0 Å². The van der Waals surface area contributed by atoms with Crippen LogP contribution in [0.2, 0.25) is 18.6 Å². The van der Waals surface area contributed by atoms with Crippen molar-refractivity contribution in [1.82, 2.24) is 0 Å². The average molecular weight is 159 g/mol. The third-order valence-electron chi connectivity index (χ3n) is 1.83. The van der Waals surface area contributed by atoms with Crippen molar-refractivity contribution in [2.75, 3.05) is 0 Å². The first-order valence-electron chi connectivity index (χ1n) is 3.72. The zero-order valence-electron chi connectivity index (χ0n) is 6.31. The van der Waals surface area contributed by atoms with Gasteiger partial charge in [0.25, 0.3) is 0 Å². The van der Waals surface area contributed by atoms with Crippen LogP contribution in [0.5, 0.6) is 0 Å². The monoisotopic (exact) mass is 159 g/mol. The van der Waals surface area contributed by atoms with E-state index in [0.29, 0.717) is 0 Å². The lowest BCUT2D eigenvalue weighted by atomic mass is 10.00. The zero-order chi connectivity index (χ0) is 6.69. The van der Waals surface area contributed by atoms with Crippen LogP contribution < -0.4 is 0 Å². The summed E-state index contributed by atoms with van der Waals surface area (Å²) in [4.78, 5) is 0. The molecule has 9 heavy (non-hydrogen) atoms. The second-order valence-electron chi connectivity index (χ2n) is 3.02. The Balaban J connectivity index is 1.91. The molecular formula is C6H15OSi2. The molecule has 0 bridgehead atoms. The van der Waals surface area contributed by atoms with Crippen LogP contribution in [0, 0.1) is 0 Å². The Bertz CT molecular complexity index is 81.1. The number of hydrogen-bond acceptors (Lipinski definition) is 1. The van der Waals surface area contributed by atoms with Crippen molar-refractivity contribution in [2.24, 2.45) is 0 Å². The molecule has 1 rings (SSSR count). The van der Waals surface area contributed by atoms with Crippen LogP contribution in [-0.2, 0) is 4.12 Å². The van der Waals surface area contributed by atoms with E-state index in [1.165, 1.54) is 19.3 Å². The van der Waals surface area contributed by atoms with Gasteiger partial charge in [0.05, 0.1) is 0 Å². The van der Waals surface area contributed by atoms with Gasteiger partial charge >= 0.3 is 0 Å². The van der Waals surface area contributed by atoms with E-state index < -0.39 is 0 Å². The van der Waals surface area contributed by atoms with Crippen LogP contribution in [0.3, 0.4) is 0 Å². The van der Waals surface area contributed by atoms with E-state index >= 15 is 0 Å². The van der Waals surface area contributed by atoms with Gasteiger partial charge in [-0.3, -0.25) is 0 Å². The Hall–Kier alpha value is 0.394. The maximum absolute atomic E-state index is 5.69. The van der Waals surface area contributed by atoms with Crippen molar-refractivity contribution in [2.45, 2.75) is 37.9 Å². The summed E-state index contributed by atoms with van der Waals surface area (Å²) in [6, 6.07) is 0. The molecule has 0 atom stereocenters. The van der Waals surface area contributed by atoms with Crippen LogP contribution in [0.1, 0.15) is 19.3 Å². The summed E-state index contributed by atoms with van der Waals surface area (Å²) in [5.74, 6) is 0. The molecule has 0 aromatic heterocycles. The van der Waals surface area contributed by atoms with Crippen LogP contribution in [-0.4, -0.2) is 18.8 Å². The van der Waals surface area contributed by atoms with Gasteiger partial charge in [0.2, 0.25) is 0 Å². The minimum absolute atomic E-state index is 0.0797. The molecule has 1 radical (unpaired) electrons. The van der Waals surface area contributed by atoms with Crippen LogP contribution in [0.4, 0.5) is 0 Å². The van der Waals surface area contributed by atoms with Crippen molar-refractivity contribution in [3.8, 4) is 0 Å². The third kappa shape index (κ3) is 2.64. The Morgan fingerprint density at radius 3 is 2.44 bits per heavy atom. The first-order chi connectivity index (χ1) is 4.29. The van der Waals surface area contributed by atoms with Crippen molar-refractivity contribution in [3.05, 3.63) is 0 Å². The smallest absolute Gasteiger partial charge is 0.190 e. The van der Waals surface area contributed by atoms with E-state index in [-0.39, 0.29) is 18.8 Å². The molecule has 1 aliphatic rings. The van der Waals surface area contributed by atoms with Crippen molar-refractivity contribution in [3.63, 3.8) is 0 Å². The Kier molecular flexibility index (Phi) is 2.95. The average Bonchev–Trinajstić information content (AvgIpc) is 1.60. The molecule has 0 aromatic carbocycles. The fourth-order valence-corrected chi connectivity index (χ4v) is 4.13. The largest absolute Gasteiger partial charge is 0.460 e. The minimum atomic E-state index is -0.344. The molecule has 0 N–H and O–H groups in total. The van der Waals surface area contributed by atoms with Crippen LogP contribution >= 0.6 is 0 Å². The van der Waals surface area contributed by atoms with E-state index in [0.717, 1.165) is 5.54 Å².